The van der Waals surface area contributed by atoms with Gasteiger partial charge >= 0.3 is 0 Å². The largest absolute Gasteiger partial charge is 0.508 e. The first-order chi connectivity index (χ1) is 9.40. The minimum atomic E-state index is -0.653. The van der Waals surface area contributed by atoms with E-state index in [1.54, 1.807) is 31.2 Å². The fraction of sp³-hybridized carbons (Fsp3) is 0.0769. The van der Waals surface area contributed by atoms with Gasteiger partial charge < -0.3 is 5.11 Å². The summed E-state index contributed by atoms with van der Waals surface area (Å²) < 4.78 is 0. The molecule has 2 rings (SSSR count). The van der Waals surface area contributed by atoms with Gasteiger partial charge in [-0.15, -0.1) is 0 Å². The Morgan fingerprint density at radius 3 is 1.65 bits per heavy atom. The third-order valence-electron chi connectivity index (χ3n) is 2.22. The van der Waals surface area contributed by atoms with Crippen molar-refractivity contribution >= 4 is 11.4 Å². The van der Waals surface area contributed by atoms with Crippen molar-refractivity contribution in [2.75, 3.05) is 0 Å². The second-order valence-corrected chi connectivity index (χ2v) is 3.88. The van der Waals surface area contributed by atoms with Gasteiger partial charge in [0, 0.05) is 12.1 Å². The quantitative estimate of drug-likeness (QED) is 0.669. The second kappa shape index (κ2) is 6.83. The summed E-state index contributed by atoms with van der Waals surface area (Å²) in [5, 5.41) is 29.3. The maximum Gasteiger partial charge on any atom is 0.276 e. The maximum atomic E-state index is 10.3. The fourth-order valence-corrected chi connectivity index (χ4v) is 1.38. The van der Waals surface area contributed by atoms with Crippen molar-refractivity contribution in [1.82, 2.24) is 0 Å². The normalized spacial score (nSPS) is 9.25. The lowest BCUT2D eigenvalue weighted by Gasteiger charge is -1.94. The van der Waals surface area contributed by atoms with E-state index in [9.17, 15) is 20.2 Å². The number of phenolic OH excluding ortho intramolecular Hbond substituents is 1. The summed E-state index contributed by atoms with van der Waals surface area (Å²) in [5.41, 5.74) is -0.0145. The van der Waals surface area contributed by atoms with Gasteiger partial charge in [-0.05, 0) is 24.6 Å². The SMILES string of the molecule is Cc1cc([N+](=O)[O-])cc([N+](=O)[O-])c1.Oc1ccccc1. The van der Waals surface area contributed by atoms with E-state index in [0.29, 0.717) is 11.3 Å². The van der Waals surface area contributed by atoms with Crippen LogP contribution in [0, 0.1) is 27.2 Å². The van der Waals surface area contributed by atoms with Crippen LogP contribution in [-0.2, 0) is 0 Å². The Bertz CT molecular complexity index is 581. The van der Waals surface area contributed by atoms with E-state index in [2.05, 4.69) is 0 Å². The predicted molar refractivity (Wildman–Crippen MR) is 72.6 cm³/mol. The van der Waals surface area contributed by atoms with Crippen molar-refractivity contribution in [3.63, 3.8) is 0 Å². The molecule has 7 heteroatoms. The van der Waals surface area contributed by atoms with E-state index >= 15 is 0 Å². The highest BCUT2D eigenvalue weighted by Crippen LogP contribution is 2.21. The Kier molecular flexibility index (Phi) is 5.16. The number of rotatable bonds is 2. The molecular weight excluding hydrogens is 264 g/mol. The predicted octanol–water partition coefficient (Wildman–Crippen LogP) is 3.20. The minimum absolute atomic E-state index is 0.258. The Hall–Kier alpha value is -2.96. The first-order valence-electron chi connectivity index (χ1n) is 5.54. The van der Waals surface area contributed by atoms with Crippen molar-refractivity contribution in [2.24, 2.45) is 0 Å². The minimum Gasteiger partial charge on any atom is -0.508 e. The van der Waals surface area contributed by atoms with E-state index in [1.165, 1.54) is 12.1 Å². The molecule has 2 aromatic carbocycles. The van der Waals surface area contributed by atoms with E-state index in [1.807, 2.05) is 6.07 Å². The van der Waals surface area contributed by atoms with Crippen molar-refractivity contribution in [1.29, 1.82) is 0 Å². The van der Waals surface area contributed by atoms with Gasteiger partial charge in [-0.3, -0.25) is 20.2 Å². The van der Waals surface area contributed by atoms with Crippen molar-refractivity contribution < 1.29 is 15.0 Å². The van der Waals surface area contributed by atoms with E-state index in [4.69, 9.17) is 5.11 Å². The molecule has 104 valence electrons. The van der Waals surface area contributed by atoms with E-state index < -0.39 is 9.85 Å². The Morgan fingerprint density at radius 1 is 0.900 bits per heavy atom. The van der Waals surface area contributed by atoms with E-state index in [0.717, 1.165) is 6.07 Å². The van der Waals surface area contributed by atoms with Gasteiger partial charge in [0.25, 0.3) is 11.4 Å². The molecule has 2 aromatic rings. The van der Waals surface area contributed by atoms with Crippen LogP contribution in [-0.4, -0.2) is 15.0 Å². The van der Waals surface area contributed by atoms with Crippen molar-refractivity contribution in [3.05, 3.63) is 74.3 Å². The molecular formula is C13H12N2O5. The van der Waals surface area contributed by atoms with Gasteiger partial charge in [-0.1, -0.05) is 18.2 Å². The Morgan fingerprint density at radius 2 is 1.35 bits per heavy atom. The summed E-state index contributed by atoms with van der Waals surface area (Å²) in [7, 11) is 0. The molecule has 0 radical (unpaired) electrons. The molecule has 0 fully saturated rings. The number of phenols is 1. The van der Waals surface area contributed by atoms with Crippen LogP contribution in [0.25, 0.3) is 0 Å². The van der Waals surface area contributed by atoms with Gasteiger partial charge in [0.2, 0.25) is 0 Å². The standard InChI is InChI=1S/C7H6N2O4.C6H6O/c1-5-2-6(8(10)11)4-7(3-5)9(12)13;7-6-4-2-1-3-5-6/h2-4H,1H3;1-5,7H. The fourth-order valence-electron chi connectivity index (χ4n) is 1.38. The zero-order chi connectivity index (χ0) is 15.1. The second-order valence-electron chi connectivity index (χ2n) is 3.88. The average Bonchev–Trinajstić information content (AvgIpc) is 2.39. The van der Waals surface area contributed by atoms with Crippen LogP contribution >= 0.6 is 0 Å². The third-order valence-corrected chi connectivity index (χ3v) is 2.22. The zero-order valence-electron chi connectivity index (χ0n) is 10.6. The van der Waals surface area contributed by atoms with Gasteiger partial charge in [-0.2, -0.15) is 0 Å². The summed E-state index contributed by atoms with van der Waals surface area (Å²) >= 11 is 0. The van der Waals surface area contributed by atoms with Crippen LogP contribution in [0.4, 0.5) is 11.4 Å². The molecule has 0 bridgehead atoms. The first kappa shape index (κ1) is 15.1. The monoisotopic (exact) mass is 276 g/mol. The number of nitrogens with zero attached hydrogens (tertiary/aromatic N) is 2. The van der Waals surface area contributed by atoms with Gasteiger partial charge in [-0.25, -0.2) is 0 Å². The van der Waals surface area contributed by atoms with Crippen LogP contribution in [0.5, 0.6) is 5.75 Å². The Labute approximate surface area is 114 Å². The molecule has 0 unspecified atom stereocenters. The summed E-state index contributed by atoms with van der Waals surface area (Å²) in [6.07, 6.45) is 0. The first-order valence-corrected chi connectivity index (χ1v) is 5.54. The average molecular weight is 276 g/mol. The number of benzene rings is 2. The zero-order valence-corrected chi connectivity index (χ0v) is 10.6. The lowest BCUT2D eigenvalue weighted by molar-refractivity contribution is -0.394. The van der Waals surface area contributed by atoms with Crippen molar-refractivity contribution in [3.8, 4) is 5.75 Å². The number of nitro groups is 2. The summed E-state index contributed by atoms with van der Waals surface area (Å²) in [5.74, 6) is 0.322. The lowest BCUT2D eigenvalue weighted by atomic mass is 10.2. The van der Waals surface area contributed by atoms with Crippen LogP contribution in [0.3, 0.4) is 0 Å². The number of nitro benzene ring substituents is 2. The summed E-state index contributed by atoms with van der Waals surface area (Å²) in [6, 6.07) is 12.2. The lowest BCUT2D eigenvalue weighted by Crippen LogP contribution is -1.93. The van der Waals surface area contributed by atoms with Crippen LogP contribution in [0.2, 0.25) is 0 Å². The highest BCUT2D eigenvalue weighted by Gasteiger charge is 2.14. The Balaban J connectivity index is 0.000000240. The molecule has 0 atom stereocenters. The molecule has 1 N–H and O–H groups in total. The molecule has 0 saturated heterocycles. The smallest absolute Gasteiger partial charge is 0.276 e. The number of non-ortho nitro benzene ring substituents is 2. The van der Waals surface area contributed by atoms with E-state index in [-0.39, 0.29) is 11.4 Å². The molecule has 7 nitrogen and oxygen atoms in total. The highest BCUT2D eigenvalue weighted by atomic mass is 16.6. The molecule has 0 amide bonds. The number of para-hydroxylation sites is 1. The molecule has 0 aromatic heterocycles. The maximum absolute atomic E-state index is 10.3. The number of hydrogen-bond acceptors (Lipinski definition) is 5. The summed E-state index contributed by atoms with van der Waals surface area (Å²) in [4.78, 5) is 19.3. The van der Waals surface area contributed by atoms with Gasteiger partial charge in [0.05, 0.1) is 15.9 Å². The highest BCUT2D eigenvalue weighted by molar-refractivity contribution is 5.46. The molecule has 0 spiro atoms. The van der Waals surface area contributed by atoms with Crippen LogP contribution < -0.4 is 0 Å². The van der Waals surface area contributed by atoms with Crippen molar-refractivity contribution in [2.45, 2.75) is 6.92 Å². The molecule has 20 heavy (non-hydrogen) atoms. The number of hydrogen-bond donors (Lipinski definition) is 1. The number of aryl methyl sites for hydroxylation is 1. The van der Waals surface area contributed by atoms with Gasteiger partial charge in [0.1, 0.15) is 5.75 Å². The molecule has 0 aliphatic carbocycles. The van der Waals surface area contributed by atoms with Crippen LogP contribution in [0.15, 0.2) is 48.5 Å². The molecule has 0 aliphatic heterocycles. The molecule has 0 heterocycles. The molecule has 0 aliphatic rings. The topological polar surface area (TPSA) is 107 Å². The number of aromatic hydroxyl groups is 1. The van der Waals surface area contributed by atoms with Crippen LogP contribution in [0.1, 0.15) is 5.56 Å². The van der Waals surface area contributed by atoms with Gasteiger partial charge in [0.15, 0.2) is 0 Å². The summed E-state index contributed by atoms with van der Waals surface area (Å²) in [6.45, 7) is 1.57. The third kappa shape index (κ3) is 4.73. The molecule has 0 saturated carbocycles.